The molecule has 0 spiro atoms. The molecule has 4 nitrogen and oxygen atoms in total. The van der Waals surface area contributed by atoms with Gasteiger partial charge in [0, 0.05) is 30.5 Å². The van der Waals surface area contributed by atoms with Crippen molar-refractivity contribution >= 4 is 17.2 Å². The van der Waals surface area contributed by atoms with Crippen LogP contribution in [0, 0.1) is 5.82 Å². The molecular weight excluding hydrogens is 353 g/mol. The Morgan fingerprint density at radius 2 is 1.68 bits per heavy atom. The van der Waals surface area contributed by atoms with Gasteiger partial charge in [0.15, 0.2) is 0 Å². The van der Waals surface area contributed by atoms with Gasteiger partial charge in [0.25, 0.3) is 0 Å². The van der Waals surface area contributed by atoms with Crippen LogP contribution in [0.5, 0.6) is 11.5 Å². The number of anilines is 2. The molecule has 4 rings (SSSR count). The number of hydrogen-bond donors (Lipinski definition) is 1. The molecular formula is C23H22FN3O. The van der Waals surface area contributed by atoms with E-state index in [1.54, 1.807) is 12.1 Å². The second-order valence-electron chi connectivity index (χ2n) is 6.58. The molecule has 0 aliphatic carbocycles. The predicted molar refractivity (Wildman–Crippen MR) is 111 cm³/mol. The molecule has 0 atom stereocenters. The summed E-state index contributed by atoms with van der Waals surface area (Å²) in [7, 11) is 0. The number of ether oxygens (including phenoxy) is 1. The van der Waals surface area contributed by atoms with Crippen molar-refractivity contribution in [3.8, 4) is 11.5 Å². The van der Waals surface area contributed by atoms with E-state index in [0.717, 1.165) is 36.7 Å². The average Bonchev–Trinajstić information content (AvgIpc) is 2.75. The van der Waals surface area contributed by atoms with Gasteiger partial charge in [-0.2, -0.15) is 0 Å². The Balaban J connectivity index is 1.62. The summed E-state index contributed by atoms with van der Waals surface area (Å²) in [5.41, 5.74) is 2.08. The van der Waals surface area contributed by atoms with E-state index in [1.165, 1.54) is 12.1 Å². The first kappa shape index (κ1) is 18.0. The van der Waals surface area contributed by atoms with Gasteiger partial charge in [0.2, 0.25) is 0 Å². The minimum atomic E-state index is -0.280. The fourth-order valence-corrected chi connectivity index (χ4v) is 3.13. The molecule has 0 unspecified atom stereocenters. The number of hydrogen-bond acceptors (Lipinski definition) is 4. The lowest BCUT2D eigenvalue weighted by molar-refractivity contribution is 0.480. The Morgan fingerprint density at radius 3 is 2.43 bits per heavy atom. The highest BCUT2D eigenvalue weighted by Gasteiger charge is 2.15. The maximum Gasteiger partial charge on any atom is 0.129 e. The van der Waals surface area contributed by atoms with E-state index in [2.05, 4.69) is 27.3 Å². The fourth-order valence-electron chi connectivity index (χ4n) is 3.13. The zero-order valence-electron chi connectivity index (χ0n) is 15.5. The minimum absolute atomic E-state index is 0.280. The lowest BCUT2D eigenvalue weighted by Gasteiger charge is -2.27. The van der Waals surface area contributed by atoms with Crippen LogP contribution in [0.25, 0.3) is 0 Å². The summed E-state index contributed by atoms with van der Waals surface area (Å²) >= 11 is 0. The highest BCUT2D eigenvalue weighted by Crippen LogP contribution is 2.30. The van der Waals surface area contributed by atoms with Gasteiger partial charge in [-0.15, -0.1) is 0 Å². The van der Waals surface area contributed by atoms with Crippen LogP contribution in [0.4, 0.5) is 15.8 Å². The van der Waals surface area contributed by atoms with Crippen LogP contribution in [0.3, 0.4) is 0 Å². The molecule has 5 heteroatoms. The van der Waals surface area contributed by atoms with Gasteiger partial charge in [-0.3, -0.25) is 4.99 Å². The van der Waals surface area contributed by atoms with E-state index in [4.69, 9.17) is 4.74 Å². The molecule has 1 aliphatic rings. The molecule has 28 heavy (non-hydrogen) atoms. The van der Waals surface area contributed by atoms with E-state index in [9.17, 15) is 4.39 Å². The molecule has 142 valence electrons. The van der Waals surface area contributed by atoms with Crippen molar-refractivity contribution in [2.24, 2.45) is 4.99 Å². The van der Waals surface area contributed by atoms with Crippen molar-refractivity contribution in [3.63, 3.8) is 0 Å². The number of nitrogens with zero attached hydrogens (tertiary/aromatic N) is 2. The summed E-state index contributed by atoms with van der Waals surface area (Å²) < 4.78 is 19.0. The Bertz CT molecular complexity index is 942. The van der Waals surface area contributed by atoms with Crippen molar-refractivity contribution in [2.45, 2.75) is 6.42 Å². The molecule has 0 aromatic heterocycles. The van der Waals surface area contributed by atoms with Crippen LogP contribution in [0.15, 0.2) is 83.9 Å². The second-order valence-corrected chi connectivity index (χ2v) is 6.58. The largest absolute Gasteiger partial charge is 0.457 e. The Labute approximate surface area is 164 Å². The highest BCUT2D eigenvalue weighted by atomic mass is 19.1. The summed E-state index contributed by atoms with van der Waals surface area (Å²) in [6, 6.07) is 24.1. The van der Waals surface area contributed by atoms with E-state index < -0.39 is 0 Å². The standard InChI is InChI=1S/C23H22FN3O/c24-18-10-12-21(13-11-18)28-22-9-4-8-20(16-22)27(19-6-2-1-3-7-19)17-23-25-14-5-15-26-23/h1-4,6-13,16H,5,14-15,17H2,(H,25,26). The van der Waals surface area contributed by atoms with Crippen LogP contribution in [-0.4, -0.2) is 25.5 Å². The van der Waals surface area contributed by atoms with Crippen molar-refractivity contribution < 1.29 is 9.13 Å². The molecule has 0 fully saturated rings. The third-order valence-electron chi connectivity index (χ3n) is 4.52. The minimum Gasteiger partial charge on any atom is -0.457 e. The first-order valence-corrected chi connectivity index (χ1v) is 9.41. The van der Waals surface area contributed by atoms with Crippen molar-refractivity contribution in [2.75, 3.05) is 24.5 Å². The van der Waals surface area contributed by atoms with Gasteiger partial charge >= 0.3 is 0 Å². The predicted octanol–water partition coefficient (Wildman–Crippen LogP) is 5.15. The van der Waals surface area contributed by atoms with Crippen LogP contribution in [0.2, 0.25) is 0 Å². The maximum atomic E-state index is 13.1. The van der Waals surface area contributed by atoms with E-state index >= 15 is 0 Å². The number of aliphatic imine (C=N–C) groups is 1. The first-order valence-electron chi connectivity index (χ1n) is 9.41. The zero-order chi connectivity index (χ0) is 19.2. The Morgan fingerprint density at radius 1 is 0.893 bits per heavy atom. The summed E-state index contributed by atoms with van der Waals surface area (Å²) in [4.78, 5) is 6.82. The summed E-state index contributed by atoms with van der Waals surface area (Å²) in [5.74, 6) is 2.00. The molecule has 1 heterocycles. The number of halogens is 1. The molecule has 1 N–H and O–H groups in total. The van der Waals surface area contributed by atoms with Crippen LogP contribution < -0.4 is 15.0 Å². The van der Waals surface area contributed by atoms with Crippen molar-refractivity contribution in [1.29, 1.82) is 0 Å². The molecule has 3 aromatic rings. The number of nitrogens with one attached hydrogen (secondary N) is 1. The van der Waals surface area contributed by atoms with E-state index in [1.807, 2.05) is 42.5 Å². The van der Waals surface area contributed by atoms with Gasteiger partial charge in [0.1, 0.15) is 23.2 Å². The lowest BCUT2D eigenvalue weighted by Crippen LogP contribution is -2.38. The van der Waals surface area contributed by atoms with E-state index in [0.29, 0.717) is 18.0 Å². The van der Waals surface area contributed by atoms with E-state index in [-0.39, 0.29) is 5.82 Å². The Kier molecular flexibility index (Phi) is 5.52. The topological polar surface area (TPSA) is 36.9 Å². The average molecular weight is 375 g/mol. The smallest absolute Gasteiger partial charge is 0.129 e. The number of amidine groups is 1. The van der Waals surface area contributed by atoms with Crippen LogP contribution >= 0.6 is 0 Å². The van der Waals surface area contributed by atoms with Crippen LogP contribution in [-0.2, 0) is 0 Å². The van der Waals surface area contributed by atoms with Gasteiger partial charge in [-0.1, -0.05) is 24.3 Å². The molecule has 0 radical (unpaired) electrons. The molecule has 0 amide bonds. The molecule has 0 saturated carbocycles. The number of rotatable bonds is 6. The molecule has 0 bridgehead atoms. The highest BCUT2D eigenvalue weighted by molar-refractivity contribution is 5.89. The monoisotopic (exact) mass is 375 g/mol. The number of para-hydroxylation sites is 1. The summed E-state index contributed by atoms with van der Waals surface area (Å²) in [6.07, 6.45) is 1.07. The molecule has 0 saturated heterocycles. The maximum absolute atomic E-state index is 13.1. The third-order valence-corrected chi connectivity index (χ3v) is 4.52. The van der Waals surface area contributed by atoms with Crippen molar-refractivity contribution in [3.05, 3.63) is 84.7 Å². The SMILES string of the molecule is Fc1ccc(Oc2cccc(N(CC3=NCCCN3)c3ccccc3)c2)cc1. The first-order chi connectivity index (χ1) is 13.8. The van der Waals surface area contributed by atoms with Crippen LogP contribution in [0.1, 0.15) is 6.42 Å². The lowest BCUT2D eigenvalue weighted by atomic mass is 10.2. The fraction of sp³-hybridized carbons (Fsp3) is 0.174. The number of benzene rings is 3. The summed E-state index contributed by atoms with van der Waals surface area (Å²) in [6.45, 7) is 2.47. The molecule has 1 aliphatic heterocycles. The zero-order valence-corrected chi connectivity index (χ0v) is 15.5. The van der Waals surface area contributed by atoms with Gasteiger partial charge in [-0.25, -0.2) is 4.39 Å². The van der Waals surface area contributed by atoms with Gasteiger partial charge < -0.3 is 15.0 Å². The summed E-state index contributed by atoms with van der Waals surface area (Å²) in [5, 5.41) is 3.39. The normalized spacial score (nSPS) is 13.4. The second kappa shape index (κ2) is 8.57. The third kappa shape index (κ3) is 4.49. The van der Waals surface area contributed by atoms with Gasteiger partial charge in [0.05, 0.1) is 6.54 Å². The van der Waals surface area contributed by atoms with Crippen molar-refractivity contribution in [1.82, 2.24) is 5.32 Å². The quantitative estimate of drug-likeness (QED) is 0.647. The Hall–Kier alpha value is -3.34. The van der Waals surface area contributed by atoms with Gasteiger partial charge in [-0.05, 0) is 55.0 Å². The molecule has 3 aromatic carbocycles.